The van der Waals surface area contributed by atoms with E-state index in [-0.39, 0.29) is 5.91 Å². The maximum atomic E-state index is 13.1. The smallest absolute Gasteiger partial charge is 0.251 e. The van der Waals surface area contributed by atoms with E-state index in [0.717, 1.165) is 32.0 Å². The predicted octanol–water partition coefficient (Wildman–Crippen LogP) is 5.85. The van der Waals surface area contributed by atoms with E-state index in [1.165, 1.54) is 0 Å². The van der Waals surface area contributed by atoms with Gasteiger partial charge in [0.05, 0.1) is 16.8 Å². The van der Waals surface area contributed by atoms with E-state index in [1.807, 2.05) is 85.8 Å². The van der Waals surface area contributed by atoms with Crippen LogP contribution in [0, 0.1) is 6.92 Å². The summed E-state index contributed by atoms with van der Waals surface area (Å²) >= 11 is 1.58. The van der Waals surface area contributed by atoms with Gasteiger partial charge in [-0.1, -0.05) is 54.6 Å². The van der Waals surface area contributed by atoms with E-state index in [0.29, 0.717) is 6.54 Å². The number of para-hydroxylation sites is 1. The Morgan fingerprint density at radius 3 is 2.57 bits per heavy atom. The molecule has 28 heavy (non-hydrogen) atoms. The zero-order valence-electron chi connectivity index (χ0n) is 15.6. The summed E-state index contributed by atoms with van der Waals surface area (Å²) in [6, 6.07) is 26.1. The first-order valence-electron chi connectivity index (χ1n) is 9.15. The maximum Gasteiger partial charge on any atom is 0.251 e. The number of benzene rings is 3. The van der Waals surface area contributed by atoms with Gasteiger partial charge in [-0.05, 0) is 48.4 Å². The Bertz CT molecular complexity index is 1100. The van der Waals surface area contributed by atoms with E-state index < -0.39 is 0 Å². The first-order chi connectivity index (χ1) is 13.7. The van der Waals surface area contributed by atoms with Crippen LogP contribution in [0.4, 0.5) is 5.69 Å². The van der Waals surface area contributed by atoms with Gasteiger partial charge in [-0.2, -0.15) is 0 Å². The molecule has 0 spiro atoms. The minimum absolute atomic E-state index is 0.0614. The van der Waals surface area contributed by atoms with Crippen molar-refractivity contribution in [3.8, 4) is 0 Å². The predicted molar refractivity (Wildman–Crippen MR) is 117 cm³/mol. The zero-order chi connectivity index (χ0) is 19.3. The molecular formula is C24H20N2OS. The van der Waals surface area contributed by atoms with Gasteiger partial charge in [0.15, 0.2) is 0 Å². The van der Waals surface area contributed by atoms with Gasteiger partial charge in [0, 0.05) is 11.8 Å². The average molecular weight is 385 g/mol. The Kier molecular flexibility index (Phi) is 5.31. The van der Waals surface area contributed by atoms with Gasteiger partial charge < -0.3 is 4.90 Å². The molecule has 0 unspecified atom stereocenters. The van der Waals surface area contributed by atoms with E-state index in [9.17, 15) is 4.79 Å². The summed E-state index contributed by atoms with van der Waals surface area (Å²) in [6.45, 7) is 2.55. The van der Waals surface area contributed by atoms with Crippen molar-refractivity contribution in [3.05, 3.63) is 101 Å². The highest BCUT2D eigenvalue weighted by Crippen LogP contribution is 2.23. The largest absolute Gasteiger partial charge is 0.304 e. The van der Waals surface area contributed by atoms with E-state index in [1.54, 1.807) is 28.4 Å². The van der Waals surface area contributed by atoms with Crippen LogP contribution < -0.4 is 4.90 Å². The maximum absolute atomic E-state index is 13.1. The Morgan fingerprint density at radius 1 is 1.00 bits per heavy atom. The molecule has 0 fully saturated rings. The SMILES string of the molecule is Cc1cccc(N(Cc2ccccc2)C(=O)C=Cc2nc3ccccc3s2)c1. The van der Waals surface area contributed by atoms with Crippen molar-refractivity contribution < 1.29 is 4.79 Å². The monoisotopic (exact) mass is 384 g/mol. The topological polar surface area (TPSA) is 33.2 Å². The lowest BCUT2D eigenvalue weighted by molar-refractivity contribution is -0.114. The van der Waals surface area contributed by atoms with Crippen LogP contribution in [-0.4, -0.2) is 10.9 Å². The molecular weight excluding hydrogens is 364 g/mol. The second-order valence-corrected chi connectivity index (χ2v) is 7.66. The Labute approximate surface area is 168 Å². The molecule has 0 aliphatic heterocycles. The molecule has 4 rings (SSSR count). The normalized spacial score (nSPS) is 11.2. The van der Waals surface area contributed by atoms with Crippen LogP contribution in [0.5, 0.6) is 0 Å². The Balaban J connectivity index is 1.62. The molecule has 1 amide bonds. The van der Waals surface area contributed by atoms with Crippen LogP contribution in [0.15, 0.2) is 84.9 Å². The molecule has 0 aliphatic carbocycles. The van der Waals surface area contributed by atoms with Gasteiger partial charge in [-0.3, -0.25) is 4.79 Å². The number of fused-ring (bicyclic) bond motifs is 1. The fraction of sp³-hybridized carbons (Fsp3) is 0.0833. The number of hydrogen-bond donors (Lipinski definition) is 0. The summed E-state index contributed by atoms with van der Waals surface area (Å²) < 4.78 is 1.12. The number of carbonyl (C=O) groups excluding carboxylic acids is 1. The standard InChI is InChI=1S/C24H20N2OS/c1-18-8-7-11-20(16-18)26(17-19-9-3-2-4-10-19)24(27)15-14-23-25-21-12-5-6-13-22(21)28-23/h2-16H,17H2,1H3. The van der Waals surface area contributed by atoms with E-state index >= 15 is 0 Å². The van der Waals surface area contributed by atoms with E-state index in [2.05, 4.69) is 4.98 Å². The van der Waals surface area contributed by atoms with Gasteiger partial charge in [0.25, 0.3) is 5.91 Å². The van der Waals surface area contributed by atoms with Crippen LogP contribution in [0.1, 0.15) is 16.1 Å². The molecule has 4 aromatic rings. The summed E-state index contributed by atoms with van der Waals surface area (Å²) in [4.78, 5) is 19.4. The number of aromatic nitrogens is 1. The minimum atomic E-state index is -0.0614. The van der Waals surface area contributed by atoms with Crippen LogP contribution in [0.25, 0.3) is 16.3 Å². The second kappa shape index (κ2) is 8.19. The fourth-order valence-corrected chi connectivity index (χ4v) is 3.92. The average Bonchev–Trinajstić information content (AvgIpc) is 3.14. The molecule has 0 saturated heterocycles. The fourth-order valence-electron chi connectivity index (χ4n) is 3.05. The summed E-state index contributed by atoms with van der Waals surface area (Å²) in [5, 5.41) is 0.832. The number of nitrogens with zero attached hydrogens (tertiary/aromatic N) is 2. The van der Waals surface area contributed by atoms with Crippen LogP contribution >= 0.6 is 11.3 Å². The van der Waals surface area contributed by atoms with Gasteiger partial charge >= 0.3 is 0 Å². The number of thiazole rings is 1. The van der Waals surface area contributed by atoms with Crippen molar-refractivity contribution in [2.24, 2.45) is 0 Å². The molecule has 0 bridgehead atoms. The third-order valence-corrected chi connectivity index (χ3v) is 5.44. The zero-order valence-corrected chi connectivity index (χ0v) is 16.4. The van der Waals surface area contributed by atoms with Crippen molar-refractivity contribution in [3.63, 3.8) is 0 Å². The Morgan fingerprint density at radius 2 is 1.79 bits per heavy atom. The minimum Gasteiger partial charge on any atom is -0.304 e. The second-order valence-electron chi connectivity index (χ2n) is 6.60. The molecule has 4 heteroatoms. The number of anilines is 1. The molecule has 0 atom stereocenters. The molecule has 3 aromatic carbocycles. The first-order valence-corrected chi connectivity index (χ1v) is 9.96. The lowest BCUT2D eigenvalue weighted by atomic mass is 10.1. The van der Waals surface area contributed by atoms with Crippen molar-refractivity contribution in [1.82, 2.24) is 4.98 Å². The number of aryl methyl sites for hydroxylation is 1. The molecule has 0 N–H and O–H groups in total. The summed E-state index contributed by atoms with van der Waals surface area (Å²) in [6.07, 6.45) is 3.42. The van der Waals surface area contributed by atoms with Gasteiger partial charge in [0.2, 0.25) is 0 Å². The van der Waals surface area contributed by atoms with Crippen molar-refractivity contribution in [2.75, 3.05) is 4.90 Å². The molecule has 0 saturated carbocycles. The third kappa shape index (κ3) is 4.18. The van der Waals surface area contributed by atoms with Gasteiger partial charge in [-0.25, -0.2) is 4.98 Å². The number of amides is 1. The third-order valence-electron chi connectivity index (χ3n) is 4.44. The van der Waals surface area contributed by atoms with Crippen LogP contribution in [-0.2, 0) is 11.3 Å². The highest BCUT2D eigenvalue weighted by atomic mass is 32.1. The summed E-state index contributed by atoms with van der Waals surface area (Å²) in [5.41, 5.74) is 4.06. The van der Waals surface area contributed by atoms with E-state index in [4.69, 9.17) is 0 Å². The molecule has 138 valence electrons. The summed E-state index contributed by atoms with van der Waals surface area (Å²) in [5.74, 6) is -0.0614. The number of hydrogen-bond acceptors (Lipinski definition) is 3. The van der Waals surface area contributed by atoms with Crippen molar-refractivity contribution >= 4 is 39.2 Å². The molecule has 0 radical (unpaired) electrons. The number of rotatable bonds is 5. The summed E-state index contributed by atoms with van der Waals surface area (Å²) in [7, 11) is 0. The van der Waals surface area contributed by atoms with Gasteiger partial charge in [-0.15, -0.1) is 11.3 Å². The van der Waals surface area contributed by atoms with Gasteiger partial charge in [0.1, 0.15) is 5.01 Å². The lowest BCUT2D eigenvalue weighted by Gasteiger charge is -2.22. The number of carbonyl (C=O) groups is 1. The quantitative estimate of drug-likeness (QED) is 0.404. The molecule has 1 heterocycles. The first kappa shape index (κ1) is 18.1. The molecule has 1 aromatic heterocycles. The highest BCUT2D eigenvalue weighted by molar-refractivity contribution is 7.19. The lowest BCUT2D eigenvalue weighted by Crippen LogP contribution is -2.28. The van der Waals surface area contributed by atoms with Crippen LogP contribution in [0.3, 0.4) is 0 Å². The van der Waals surface area contributed by atoms with Crippen LogP contribution in [0.2, 0.25) is 0 Å². The Hall–Kier alpha value is -3.24. The van der Waals surface area contributed by atoms with Crippen molar-refractivity contribution in [1.29, 1.82) is 0 Å². The van der Waals surface area contributed by atoms with Crippen molar-refractivity contribution in [2.45, 2.75) is 13.5 Å². The molecule has 3 nitrogen and oxygen atoms in total. The molecule has 0 aliphatic rings. The highest BCUT2D eigenvalue weighted by Gasteiger charge is 2.14.